The first-order valence-electron chi connectivity index (χ1n) is 9.48. The molecule has 0 aliphatic carbocycles. The number of rotatable bonds is 7. The number of aromatic nitrogens is 4. The van der Waals surface area contributed by atoms with Crippen molar-refractivity contribution in [3.63, 3.8) is 0 Å². The molecule has 10 nitrogen and oxygen atoms in total. The molecule has 0 radical (unpaired) electrons. The molecule has 0 spiro atoms. The van der Waals surface area contributed by atoms with E-state index in [0.29, 0.717) is 11.5 Å². The molecule has 0 bridgehead atoms. The summed E-state index contributed by atoms with van der Waals surface area (Å²) in [5.74, 6) is 0.927. The lowest BCUT2D eigenvalue weighted by Gasteiger charge is -2.11. The number of hydrogen-bond donors (Lipinski definition) is 2. The van der Waals surface area contributed by atoms with E-state index < -0.39 is 15.8 Å². The van der Waals surface area contributed by atoms with E-state index in [1.807, 2.05) is 20.9 Å². The van der Waals surface area contributed by atoms with E-state index in [2.05, 4.69) is 25.7 Å². The topological polar surface area (TPSA) is 128 Å². The number of nitrogens with zero attached hydrogens (tertiary/aromatic N) is 4. The number of benzene rings is 1. The maximum absolute atomic E-state index is 12.2. The number of ether oxygens (including phenoxy) is 1. The SMILES string of the molecule is CCOC(=O)c1cc(Nc2nccc(Nc3c(C)c(C)nn3C)n2)cc(S(C)(=O)=O)c1. The molecule has 0 amide bonds. The van der Waals surface area contributed by atoms with Crippen LogP contribution >= 0.6 is 0 Å². The second-order valence-electron chi connectivity index (χ2n) is 6.94. The molecular formula is C20H24N6O4S. The molecule has 1 aromatic carbocycles. The van der Waals surface area contributed by atoms with Crippen LogP contribution < -0.4 is 10.6 Å². The second kappa shape index (κ2) is 8.72. The Morgan fingerprint density at radius 3 is 2.55 bits per heavy atom. The Bertz CT molecular complexity index is 1240. The molecule has 164 valence electrons. The van der Waals surface area contributed by atoms with Crippen molar-refractivity contribution < 1.29 is 17.9 Å². The number of sulfone groups is 1. The molecule has 3 rings (SSSR count). The minimum Gasteiger partial charge on any atom is -0.462 e. The van der Waals surface area contributed by atoms with Gasteiger partial charge < -0.3 is 15.4 Å². The molecule has 2 aromatic heterocycles. The minimum absolute atomic E-state index is 0.0178. The molecule has 3 aromatic rings. The highest BCUT2D eigenvalue weighted by Gasteiger charge is 2.16. The summed E-state index contributed by atoms with van der Waals surface area (Å²) in [6.45, 7) is 5.73. The van der Waals surface area contributed by atoms with Crippen LogP contribution in [0.25, 0.3) is 0 Å². The van der Waals surface area contributed by atoms with Crippen molar-refractivity contribution in [3.8, 4) is 0 Å². The lowest BCUT2D eigenvalue weighted by Crippen LogP contribution is -2.09. The zero-order valence-corrected chi connectivity index (χ0v) is 18.7. The molecule has 0 atom stereocenters. The van der Waals surface area contributed by atoms with Crippen LogP contribution in [0.5, 0.6) is 0 Å². The summed E-state index contributed by atoms with van der Waals surface area (Å²) in [5, 5.41) is 10.5. The van der Waals surface area contributed by atoms with Crippen LogP contribution in [0.2, 0.25) is 0 Å². The average molecular weight is 445 g/mol. The van der Waals surface area contributed by atoms with Gasteiger partial charge in [0.05, 0.1) is 22.8 Å². The van der Waals surface area contributed by atoms with Crippen molar-refractivity contribution in [3.05, 3.63) is 47.3 Å². The lowest BCUT2D eigenvalue weighted by atomic mass is 10.2. The Hall–Kier alpha value is -3.47. The molecule has 0 fully saturated rings. The Kier molecular flexibility index (Phi) is 6.25. The molecule has 0 aliphatic rings. The summed E-state index contributed by atoms with van der Waals surface area (Å²) in [6, 6.07) is 5.88. The van der Waals surface area contributed by atoms with Crippen LogP contribution in [-0.4, -0.2) is 47.0 Å². The van der Waals surface area contributed by atoms with Gasteiger partial charge in [-0.1, -0.05) is 0 Å². The maximum atomic E-state index is 12.2. The van der Waals surface area contributed by atoms with E-state index in [-0.39, 0.29) is 23.0 Å². The van der Waals surface area contributed by atoms with Gasteiger partial charge in [0.2, 0.25) is 5.95 Å². The fourth-order valence-corrected chi connectivity index (χ4v) is 3.58. The quantitative estimate of drug-likeness (QED) is 0.529. The van der Waals surface area contributed by atoms with E-state index in [9.17, 15) is 13.2 Å². The summed E-state index contributed by atoms with van der Waals surface area (Å²) < 4.78 is 30.9. The average Bonchev–Trinajstić information content (AvgIpc) is 2.93. The first-order valence-corrected chi connectivity index (χ1v) is 11.4. The number of anilines is 4. The molecule has 0 saturated heterocycles. The molecule has 0 aliphatic heterocycles. The highest BCUT2D eigenvalue weighted by atomic mass is 32.2. The number of hydrogen-bond acceptors (Lipinski definition) is 9. The van der Waals surface area contributed by atoms with Gasteiger partial charge in [0.25, 0.3) is 0 Å². The van der Waals surface area contributed by atoms with Gasteiger partial charge in [-0.2, -0.15) is 10.1 Å². The normalized spacial score (nSPS) is 11.3. The fraction of sp³-hybridized carbons (Fsp3) is 0.300. The summed E-state index contributed by atoms with van der Waals surface area (Å²) in [4.78, 5) is 20.7. The van der Waals surface area contributed by atoms with Crippen molar-refractivity contribution in [1.82, 2.24) is 19.7 Å². The number of carbonyl (C=O) groups excluding carboxylic acids is 1. The maximum Gasteiger partial charge on any atom is 0.338 e. The Morgan fingerprint density at radius 1 is 1.19 bits per heavy atom. The Labute approximate surface area is 180 Å². The van der Waals surface area contributed by atoms with Gasteiger partial charge in [-0.3, -0.25) is 4.68 Å². The Balaban J connectivity index is 1.92. The first-order chi connectivity index (χ1) is 14.6. The summed E-state index contributed by atoms with van der Waals surface area (Å²) >= 11 is 0. The third-order valence-corrected chi connectivity index (χ3v) is 5.62. The lowest BCUT2D eigenvalue weighted by molar-refractivity contribution is 0.0526. The molecule has 0 unspecified atom stereocenters. The monoisotopic (exact) mass is 444 g/mol. The van der Waals surface area contributed by atoms with Crippen LogP contribution in [0.3, 0.4) is 0 Å². The molecule has 2 N–H and O–H groups in total. The summed E-state index contributed by atoms with van der Waals surface area (Å²) in [7, 11) is -1.73. The van der Waals surface area contributed by atoms with Crippen molar-refractivity contribution in [2.45, 2.75) is 25.7 Å². The Morgan fingerprint density at radius 2 is 1.94 bits per heavy atom. The number of aryl methyl sites for hydroxylation is 2. The molecule has 0 saturated carbocycles. The van der Waals surface area contributed by atoms with Crippen LogP contribution in [-0.2, 0) is 21.6 Å². The zero-order chi connectivity index (χ0) is 22.8. The smallest absolute Gasteiger partial charge is 0.338 e. The molecule has 11 heteroatoms. The van der Waals surface area contributed by atoms with Gasteiger partial charge in [-0.25, -0.2) is 18.2 Å². The predicted octanol–water partition coefficient (Wildman–Crippen LogP) is 2.89. The van der Waals surface area contributed by atoms with Gasteiger partial charge >= 0.3 is 5.97 Å². The van der Waals surface area contributed by atoms with Crippen LogP contribution in [0, 0.1) is 13.8 Å². The summed E-state index contributed by atoms with van der Waals surface area (Å²) in [5.41, 5.74) is 2.36. The number of nitrogens with one attached hydrogen (secondary N) is 2. The predicted molar refractivity (Wildman–Crippen MR) is 117 cm³/mol. The van der Waals surface area contributed by atoms with Crippen molar-refractivity contribution in [1.29, 1.82) is 0 Å². The highest BCUT2D eigenvalue weighted by Crippen LogP contribution is 2.24. The molecular weight excluding hydrogens is 420 g/mol. The zero-order valence-electron chi connectivity index (χ0n) is 17.9. The van der Waals surface area contributed by atoms with Crippen LogP contribution in [0.4, 0.5) is 23.3 Å². The molecule has 31 heavy (non-hydrogen) atoms. The van der Waals surface area contributed by atoms with Crippen LogP contribution in [0.1, 0.15) is 28.5 Å². The van der Waals surface area contributed by atoms with E-state index >= 15 is 0 Å². The fourth-order valence-electron chi connectivity index (χ4n) is 2.90. The second-order valence-corrected chi connectivity index (χ2v) is 8.95. The third-order valence-electron chi connectivity index (χ3n) is 4.53. The van der Waals surface area contributed by atoms with Crippen molar-refractivity contribution in [2.75, 3.05) is 23.5 Å². The summed E-state index contributed by atoms with van der Waals surface area (Å²) in [6.07, 6.45) is 2.63. The van der Waals surface area contributed by atoms with E-state index in [1.165, 1.54) is 18.2 Å². The standard InChI is InChI=1S/C20H24N6O4S/c1-6-30-19(27)14-9-15(11-16(10-14)31(5,28)29)22-20-21-8-7-17(24-20)23-18-12(2)13(3)25-26(18)4/h7-11H,6H2,1-5H3,(H2,21,22,23,24). The highest BCUT2D eigenvalue weighted by molar-refractivity contribution is 7.90. The largest absolute Gasteiger partial charge is 0.462 e. The van der Waals surface area contributed by atoms with E-state index in [1.54, 1.807) is 23.9 Å². The number of carbonyl (C=O) groups is 1. The van der Waals surface area contributed by atoms with Crippen molar-refractivity contribution >= 4 is 39.1 Å². The molecule has 2 heterocycles. The van der Waals surface area contributed by atoms with Gasteiger partial charge in [-0.05, 0) is 45.0 Å². The first kappa shape index (κ1) is 22.2. The van der Waals surface area contributed by atoms with Gasteiger partial charge in [0.1, 0.15) is 11.6 Å². The van der Waals surface area contributed by atoms with E-state index in [4.69, 9.17) is 4.74 Å². The third kappa shape index (κ3) is 5.18. The van der Waals surface area contributed by atoms with Gasteiger partial charge in [0.15, 0.2) is 9.84 Å². The van der Waals surface area contributed by atoms with Gasteiger partial charge in [-0.15, -0.1) is 0 Å². The van der Waals surface area contributed by atoms with E-state index in [0.717, 1.165) is 23.3 Å². The number of esters is 1. The van der Waals surface area contributed by atoms with Crippen molar-refractivity contribution in [2.24, 2.45) is 7.05 Å². The minimum atomic E-state index is -3.56. The van der Waals surface area contributed by atoms with Gasteiger partial charge in [0, 0.05) is 30.8 Å². The van der Waals surface area contributed by atoms with Crippen LogP contribution in [0.15, 0.2) is 35.4 Å².